The second-order valence-electron chi connectivity index (χ2n) is 14.0. The molecule has 14 heteroatoms. The largest absolute Gasteiger partial charge is 0.478 e. The molecule has 2 aromatic carbocycles. The highest BCUT2D eigenvalue weighted by Crippen LogP contribution is 2.25. The minimum Gasteiger partial charge on any atom is -0.478 e. The van der Waals surface area contributed by atoms with Gasteiger partial charge in [0, 0.05) is 44.2 Å². The minimum absolute atomic E-state index is 0.0829. The zero-order valence-corrected chi connectivity index (χ0v) is 30.3. The summed E-state index contributed by atoms with van der Waals surface area (Å²) in [5, 5.41) is 22.4. The summed E-state index contributed by atoms with van der Waals surface area (Å²) in [6, 6.07) is 8.67. The van der Waals surface area contributed by atoms with E-state index in [9.17, 15) is 28.0 Å². The van der Waals surface area contributed by atoms with Crippen molar-refractivity contribution in [2.24, 2.45) is 0 Å². The highest BCUT2D eigenvalue weighted by Gasteiger charge is 2.27. The molecule has 0 atom stereocenters. The fraction of sp³-hybridized carbons (Fsp3) is 0.450. The summed E-state index contributed by atoms with van der Waals surface area (Å²) in [5.74, 6) is -2.87. The number of hydrogen-bond donors (Lipinski definition) is 3. The second kappa shape index (κ2) is 17.8. The SMILES string of the molecule is COCCOC1CCN(C(=O)c2cc(Cc3n[nH]c(=O)c4c3CCCC4)ccc2F)CC1.O=C(O)c1cc(Cc2n[nH]c(=O)c3c2CCCC3)ccc1F. The van der Waals surface area contributed by atoms with E-state index in [0.717, 1.165) is 109 Å². The number of hydrogen-bond acceptors (Lipinski definition) is 8. The molecular weight excluding hydrogens is 700 g/mol. The summed E-state index contributed by atoms with van der Waals surface area (Å²) in [6.07, 6.45) is 9.54. The van der Waals surface area contributed by atoms with E-state index in [-0.39, 0.29) is 34.3 Å². The van der Waals surface area contributed by atoms with Gasteiger partial charge in [0.15, 0.2) is 0 Å². The van der Waals surface area contributed by atoms with Gasteiger partial charge in [-0.25, -0.2) is 23.8 Å². The van der Waals surface area contributed by atoms with Crippen LogP contribution in [-0.2, 0) is 48.0 Å². The van der Waals surface area contributed by atoms with Crippen LogP contribution >= 0.6 is 0 Å². The van der Waals surface area contributed by atoms with Crippen LogP contribution in [0.15, 0.2) is 46.0 Å². The number of ether oxygens (including phenoxy) is 2. The Morgan fingerprint density at radius 1 is 0.759 bits per heavy atom. The molecule has 0 radical (unpaired) electrons. The number of aromatic amines is 2. The number of nitrogens with zero attached hydrogens (tertiary/aromatic N) is 3. The van der Waals surface area contributed by atoms with E-state index in [1.165, 1.54) is 12.1 Å². The maximum atomic E-state index is 14.6. The zero-order valence-electron chi connectivity index (χ0n) is 30.3. The third kappa shape index (κ3) is 9.16. The predicted octanol–water partition coefficient (Wildman–Crippen LogP) is 4.72. The monoisotopic (exact) mass is 745 g/mol. The van der Waals surface area contributed by atoms with Gasteiger partial charge in [-0.2, -0.15) is 10.2 Å². The Hall–Kier alpha value is -5.08. The minimum atomic E-state index is -1.30. The first kappa shape index (κ1) is 38.6. The number of carbonyl (C=O) groups is 2. The molecule has 1 amide bonds. The smallest absolute Gasteiger partial charge is 0.338 e. The Balaban J connectivity index is 0.000000197. The molecule has 0 spiro atoms. The van der Waals surface area contributed by atoms with Crippen molar-refractivity contribution >= 4 is 11.9 Å². The molecule has 2 aromatic heterocycles. The molecule has 4 aromatic rings. The van der Waals surface area contributed by atoms with Crippen LogP contribution in [0.25, 0.3) is 0 Å². The van der Waals surface area contributed by atoms with Gasteiger partial charge < -0.3 is 19.5 Å². The number of rotatable bonds is 10. The van der Waals surface area contributed by atoms with Crippen molar-refractivity contribution in [1.29, 1.82) is 0 Å². The Morgan fingerprint density at radius 3 is 1.74 bits per heavy atom. The average molecular weight is 746 g/mol. The number of methoxy groups -OCH3 is 1. The zero-order chi connectivity index (χ0) is 38.2. The van der Waals surface area contributed by atoms with E-state index in [4.69, 9.17) is 14.6 Å². The van der Waals surface area contributed by atoms with E-state index in [2.05, 4.69) is 20.4 Å². The first-order chi connectivity index (χ1) is 26.1. The number of H-pyrrole nitrogens is 2. The summed E-state index contributed by atoms with van der Waals surface area (Å²) in [6.45, 7) is 2.16. The van der Waals surface area contributed by atoms with Crippen LogP contribution in [0.5, 0.6) is 0 Å². The number of halogens is 2. The summed E-state index contributed by atoms with van der Waals surface area (Å²) < 4.78 is 38.8. The molecule has 2 aliphatic carbocycles. The average Bonchev–Trinajstić information content (AvgIpc) is 3.19. The third-order valence-electron chi connectivity index (χ3n) is 10.4. The summed E-state index contributed by atoms with van der Waals surface area (Å²) in [7, 11) is 1.63. The normalized spacial score (nSPS) is 15.5. The van der Waals surface area contributed by atoms with Crippen LogP contribution in [0.4, 0.5) is 8.78 Å². The standard InChI is InChI=1S/C24H30FN3O4.C16H15FN2O3/c1-31-12-13-32-17-8-10-28(11-9-17)24(30)20-14-16(6-7-21(20)25)15-22-18-4-2-3-5-19(18)23(29)27-26-22;17-13-6-5-9(7-12(13)16(21)22)8-14-10-3-1-2-4-11(10)15(20)19-18-14/h6-7,14,17H,2-5,8-13,15H2,1H3,(H,27,29);5-7H,1-4,8H2,(H,19,20)(H,21,22). The van der Waals surface area contributed by atoms with Crippen LogP contribution < -0.4 is 11.1 Å². The van der Waals surface area contributed by atoms with Crippen molar-refractivity contribution in [2.75, 3.05) is 33.4 Å². The number of nitrogens with one attached hydrogen (secondary N) is 2. The van der Waals surface area contributed by atoms with Crippen LogP contribution in [0.2, 0.25) is 0 Å². The van der Waals surface area contributed by atoms with Crippen molar-refractivity contribution in [3.63, 3.8) is 0 Å². The molecule has 1 aliphatic heterocycles. The van der Waals surface area contributed by atoms with Gasteiger partial charge in [0.2, 0.25) is 0 Å². The molecule has 3 heterocycles. The van der Waals surface area contributed by atoms with Crippen LogP contribution in [-0.4, -0.2) is 81.8 Å². The van der Waals surface area contributed by atoms with Crippen LogP contribution in [0.1, 0.15) is 104 Å². The molecule has 7 rings (SSSR count). The summed E-state index contributed by atoms with van der Waals surface area (Å²) >= 11 is 0. The van der Waals surface area contributed by atoms with E-state index in [1.807, 2.05) is 0 Å². The molecule has 3 N–H and O–H groups in total. The lowest BCUT2D eigenvalue weighted by Gasteiger charge is -2.32. The molecular formula is C40H45F2N5O7. The number of carboxylic acids is 1. The molecule has 1 fully saturated rings. The Bertz CT molecular complexity index is 2110. The quantitative estimate of drug-likeness (QED) is 0.195. The van der Waals surface area contributed by atoms with Crippen LogP contribution in [0.3, 0.4) is 0 Å². The first-order valence-electron chi connectivity index (χ1n) is 18.5. The molecule has 0 saturated carbocycles. The van der Waals surface area contributed by atoms with Gasteiger partial charge in [0.05, 0.1) is 41.8 Å². The maximum Gasteiger partial charge on any atom is 0.338 e. The molecule has 0 unspecified atom stereocenters. The van der Waals surface area contributed by atoms with E-state index in [0.29, 0.717) is 44.7 Å². The van der Waals surface area contributed by atoms with Crippen molar-refractivity contribution in [2.45, 2.75) is 83.2 Å². The summed E-state index contributed by atoms with van der Waals surface area (Å²) in [5.41, 5.74) is 6.02. The molecule has 12 nitrogen and oxygen atoms in total. The van der Waals surface area contributed by atoms with Gasteiger partial charge in [-0.15, -0.1) is 0 Å². The number of aromatic carboxylic acids is 1. The lowest BCUT2D eigenvalue weighted by atomic mass is 9.90. The molecule has 1 saturated heterocycles. The molecule has 3 aliphatic rings. The first-order valence-corrected chi connectivity index (χ1v) is 18.5. The van der Waals surface area contributed by atoms with E-state index >= 15 is 0 Å². The number of carboxylic acid groups (broad SMARTS) is 1. The summed E-state index contributed by atoms with van der Waals surface area (Å²) in [4.78, 5) is 49.6. The number of likely N-dealkylation sites (tertiary alicyclic amines) is 1. The number of carbonyl (C=O) groups excluding carboxylic acids is 1. The molecule has 0 bridgehead atoms. The maximum absolute atomic E-state index is 14.6. The molecule has 54 heavy (non-hydrogen) atoms. The molecule has 286 valence electrons. The number of amides is 1. The topological polar surface area (TPSA) is 168 Å². The second-order valence-corrected chi connectivity index (χ2v) is 14.0. The third-order valence-corrected chi connectivity index (χ3v) is 10.4. The fourth-order valence-corrected chi connectivity index (χ4v) is 7.52. The lowest BCUT2D eigenvalue weighted by Crippen LogP contribution is -2.41. The number of fused-ring (bicyclic) bond motifs is 2. The predicted molar refractivity (Wildman–Crippen MR) is 195 cm³/mol. The fourth-order valence-electron chi connectivity index (χ4n) is 7.52. The van der Waals surface area contributed by atoms with Crippen molar-refractivity contribution in [3.8, 4) is 0 Å². The van der Waals surface area contributed by atoms with Gasteiger partial charge in [-0.3, -0.25) is 14.4 Å². The highest BCUT2D eigenvalue weighted by molar-refractivity contribution is 5.94. The highest BCUT2D eigenvalue weighted by atomic mass is 19.1. The number of piperidine rings is 1. The number of aromatic nitrogens is 4. The van der Waals surface area contributed by atoms with Gasteiger partial charge in [-0.1, -0.05) is 12.1 Å². The number of benzene rings is 2. The Labute approximate surface area is 310 Å². The van der Waals surface area contributed by atoms with Gasteiger partial charge in [0.1, 0.15) is 11.6 Å². The van der Waals surface area contributed by atoms with Gasteiger partial charge in [-0.05, 0) is 111 Å². The van der Waals surface area contributed by atoms with Crippen LogP contribution in [0, 0.1) is 11.6 Å². The van der Waals surface area contributed by atoms with Crippen molar-refractivity contribution in [3.05, 3.63) is 125 Å². The Kier molecular flexibility index (Phi) is 12.8. The van der Waals surface area contributed by atoms with Crippen molar-refractivity contribution in [1.82, 2.24) is 25.3 Å². The Morgan fingerprint density at radius 2 is 1.24 bits per heavy atom. The van der Waals surface area contributed by atoms with Gasteiger partial charge >= 0.3 is 5.97 Å². The van der Waals surface area contributed by atoms with Gasteiger partial charge in [0.25, 0.3) is 17.0 Å². The van der Waals surface area contributed by atoms with E-state index < -0.39 is 17.6 Å². The van der Waals surface area contributed by atoms with E-state index in [1.54, 1.807) is 30.2 Å². The lowest BCUT2D eigenvalue weighted by molar-refractivity contribution is -0.0123. The van der Waals surface area contributed by atoms with Crippen molar-refractivity contribution < 1.29 is 33.0 Å².